The minimum atomic E-state index is -2.79. The monoisotopic (exact) mass is 274 g/mol. The minimum absolute atomic E-state index is 0.0388. The summed E-state index contributed by atoms with van der Waals surface area (Å²) in [6.45, 7) is 1.95. The molecule has 0 aromatic carbocycles. The lowest BCUT2D eigenvalue weighted by Gasteiger charge is -2.13. The SMILES string of the molecule is CCOC(=O)Cc1nc(C(F)F)c(OC)cc1CN. The molecule has 0 unspecified atom stereocenters. The summed E-state index contributed by atoms with van der Waals surface area (Å²) in [4.78, 5) is 15.2. The molecule has 1 aromatic heterocycles. The second kappa shape index (κ2) is 6.98. The van der Waals surface area contributed by atoms with Crippen LogP contribution in [0.1, 0.15) is 30.3 Å². The first-order valence-corrected chi connectivity index (χ1v) is 5.73. The van der Waals surface area contributed by atoms with E-state index in [0.717, 1.165) is 0 Å². The lowest BCUT2D eigenvalue weighted by molar-refractivity contribution is -0.142. The van der Waals surface area contributed by atoms with Crippen LogP contribution in [-0.4, -0.2) is 24.7 Å². The van der Waals surface area contributed by atoms with Crippen LogP contribution in [0.15, 0.2) is 6.07 Å². The highest BCUT2D eigenvalue weighted by molar-refractivity contribution is 5.72. The molecule has 1 rings (SSSR count). The molecule has 1 aromatic rings. The number of rotatable bonds is 6. The van der Waals surface area contributed by atoms with Crippen molar-refractivity contribution in [1.29, 1.82) is 0 Å². The Labute approximate surface area is 109 Å². The maximum atomic E-state index is 12.8. The molecule has 7 heteroatoms. The third-order valence-corrected chi connectivity index (χ3v) is 2.45. The number of alkyl halides is 2. The summed E-state index contributed by atoms with van der Waals surface area (Å²) in [7, 11) is 1.27. The molecule has 19 heavy (non-hydrogen) atoms. The lowest BCUT2D eigenvalue weighted by Crippen LogP contribution is -2.14. The standard InChI is InChI=1S/C12H16F2N2O3/c1-3-19-10(17)5-8-7(6-15)4-9(18-2)11(16-8)12(13)14/h4,12H,3,5-6,15H2,1-2H3. The molecule has 106 valence electrons. The van der Waals surface area contributed by atoms with E-state index in [1.165, 1.54) is 13.2 Å². The van der Waals surface area contributed by atoms with E-state index in [1.54, 1.807) is 6.92 Å². The molecule has 0 bridgehead atoms. The van der Waals surface area contributed by atoms with E-state index in [1.807, 2.05) is 0 Å². The summed E-state index contributed by atoms with van der Waals surface area (Å²) in [6, 6.07) is 1.38. The average molecular weight is 274 g/mol. The minimum Gasteiger partial charge on any atom is -0.495 e. The molecule has 0 amide bonds. The van der Waals surface area contributed by atoms with Crippen molar-refractivity contribution in [3.05, 3.63) is 23.0 Å². The number of nitrogens with zero attached hydrogens (tertiary/aromatic N) is 1. The van der Waals surface area contributed by atoms with Gasteiger partial charge in [-0.25, -0.2) is 13.8 Å². The van der Waals surface area contributed by atoms with Crippen molar-refractivity contribution in [1.82, 2.24) is 4.98 Å². The number of ether oxygens (including phenoxy) is 2. The van der Waals surface area contributed by atoms with Crippen molar-refractivity contribution in [3.8, 4) is 5.75 Å². The highest BCUT2D eigenvalue weighted by atomic mass is 19.3. The Balaban J connectivity index is 3.14. The number of carbonyl (C=O) groups excluding carboxylic acids is 1. The Hall–Kier alpha value is -1.76. The normalized spacial score (nSPS) is 10.6. The number of methoxy groups -OCH3 is 1. The molecule has 0 aliphatic carbocycles. The van der Waals surface area contributed by atoms with Gasteiger partial charge in [0.05, 0.1) is 25.8 Å². The summed E-state index contributed by atoms with van der Waals surface area (Å²) in [5.74, 6) is -0.571. The fourth-order valence-corrected chi connectivity index (χ4v) is 1.59. The Morgan fingerprint density at radius 2 is 2.21 bits per heavy atom. The molecule has 2 N–H and O–H groups in total. The van der Waals surface area contributed by atoms with E-state index in [9.17, 15) is 13.6 Å². The van der Waals surface area contributed by atoms with Crippen molar-refractivity contribution >= 4 is 5.97 Å². The van der Waals surface area contributed by atoms with Gasteiger partial charge in [-0.05, 0) is 18.6 Å². The maximum Gasteiger partial charge on any atom is 0.311 e. The van der Waals surface area contributed by atoms with Gasteiger partial charge in [-0.3, -0.25) is 4.79 Å². The largest absolute Gasteiger partial charge is 0.495 e. The molecule has 0 spiro atoms. The molecule has 0 fully saturated rings. The summed E-state index contributed by atoms with van der Waals surface area (Å²) >= 11 is 0. The van der Waals surface area contributed by atoms with Crippen LogP contribution in [0.3, 0.4) is 0 Å². The van der Waals surface area contributed by atoms with E-state index < -0.39 is 18.1 Å². The van der Waals surface area contributed by atoms with Gasteiger partial charge in [-0.1, -0.05) is 0 Å². The van der Waals surface area contributed by atoms with Crippen molar-refractivity contribution < 1.29 is 23.0 Å². The number of aromatic nitrogens is 1. The number of carbonyl (C=O) groups is 1. The fraction of sp³-hybridized carbons (Fsp3) is 0.500. The number of halogens is 2. The molecule has 1 heterocycles. The van der Waals surface area contributed by atoms with Crippen LogP contribution in [-0.2, 0) is 22.5 Å². The van der Waals surface area contributed by atoms with Gasteiger partial charge in [-0.15, -0.1) is 0 Å². The lowest BCUT2D eigenvalue weighted by atomic mass is 10.1. The van der Waals surface area contributed by atoms with Gasteiger partial charge in [0.2, 0.25) is 0 Å². The van der Waals surface area contributed by atoms with Crippen LogP contribution in [0.2, 0.25) is 0 Å². The fourth-order valence-electron chi connectivity index (χ4n) is 1.59. The molecule has 0 radical (unpaired) electrons. The summed E-state index contributed by atoms with van der Waals surface area (Å²) in [5.41, 5.74) is 5.69. The topological polar surface area (TPSA) is 74.4 Å². The number of nitrogens with two attached hydrogens (primary N) is 1. The van der Waals surface area contributed by atoms with Crippen molar-refractivity contribution in [2.75, 3.05) is 13.7 Å². The number of hydrogen-bond acceptors (Lipinski definition) is 5. The zero-order valence-electron chi connectivity index (χ0n) is 10.8. The first-order valence-electron chi connectivity index (χ1n) is 5.73. The summed E-state index contributed by atoms with van der Waals surface area (Å²) < 4.78 is 35.3. The van der Waals surface area contributed by atoms with Crippen molar-refractivity contribution in [3.63, 3.8) is 0 Å². The summed E-state index contributed by atoms with van der Waals surface area (Å²) in [5, 5.41) is 0. The van der Waals surface area contributed by atoms with Crippen molar-refractivity contribution in [2.45, 2.75) is 26.3 Å². The van der Waals surface area contributed by atoms with Crippen LogP contribution >= 0.6 is 0 Å². The van der Waals surface area contributed by atoms with Crippen LogP contribution in [0.5, 0.6) is 5.75 Å². The Morgan fingerprint density at radius 1 is 1.53 bits per heavy atom. The van der Waals surface area contributed by atoms with Crippen LogP contribution in [0.4, 0.5) is 8.78 Å². The Kier molecular flexibility index (Phi) is 5.62. The van der Waals surface area contributed by atoms with E-state index >= 15 is 0 Å². The quantitative estimate of drug-likeness (QED) is 0.797. The number of esters is 1. The molecule has 0 saturated heterocycles. The van der Waals surface area contributed by atoms with Gasteiger partial charge in [0.1, 0.15) is 11.4 Å². The average Bonchev–Trinajstić information content (AvgIpc) is 2.38. The summed E-state index contributed by atoms with van der Waals surface area (Å²) in [6.07, 6.45) is -2.98. The zero-order valence-corrected chi connectivity index (χ0v) is 10.8. The van der Waals surface area contributed by atoms with Crippen molar-refractivity contribution in [2.24, 2.45) is 5.73 Å². The van der Waals surface area contributed by atoms with Gasteiger partial charge in [0.15, 0.2) is 0 Å². The van der Waals surface area contributed by atoms with Crippen LogP contribution in [0, 0.1) is 0 Å². The smallest absolute Gasteiger partial charge is 0.311 e. The van der Waals surface area contributed by atoms with Gasteiger partial charge in [-0.2, -0.15) is 0 Å². The van der Waals surface area contributed by atoms with E-state index in [0.29, 0.717) is 5.56 Å². The highest BCUT2D eigenvalue weighted by Crippen LogP contribution is 2.29. The maximum absolute atomic E-state index is 12.8. The van der Waals surface area contributed by atoms with Gasteiger partial charge in [0.25, 0.3) is 6.43 Å². The number of pyridine rings is 1. The molecule has 0 aliphatic heterocycles. The van der Waals surface area contributed by atoms with E-state index in [-0.39, 0.29) is 31.0 Å². The van der Waals surface area contributed by atoms with Gasteiger partial charge >= 0.3 is 5.97 Å². The first kappa shape index (κ1) is 15.3. The van der Waals surface area contributed by atoms with Crippen LogP contribution in [0.25, 0.3) is 0 Å². The predicted octanol–water partition coefficient (Wildman–Crippen LogP) is 1.59. The van der Waals surface area contributed by atoms with E-state index in [4.69, 9.17) is 15.2 Å². The molecule has 5 nitrogen and oxygen atoms in total. The van der Waals surface area contributed by atoms with Gasteiger partial charge < -0.3 is 15.2 Å². The Bertz CT molecular complexity index is 453. The second-order valence-corrected chi connectivity index (χ2v) is 3.67. The van der Waals surface area contributed by atoms with E-state index in [2.05, 4.69) is 4.98 Å². The van der Waals surface area contributed by atoms with Gasteiger partial charge in [0, 0.05) is 6.54 Å². The zero-order chi connectivity index (χ0) is 14.4. The van der Waals surface area contributed by atoms with Crippen LogP contribution < -0.4 is 10.5 Å². The molecule has 0 atom stereocenters. The third-order valence-electron chi connectivity index (χ3n) is 2.45. The highest BCUT2D eigenvalue weighted by Gasteiger charge is 2.20. The Morgan fingerprint density at radius 3 is 2.68 bits per heavy atom. The third kappa shape index (κ3) is 3.85. The predicted molar refractivity (Wildman–Crippen MR) is 64.0 cm³/mol. The molecular weight excluding hydrogens is 258 g/mol. The molecule has 0 aliphatic rings. The molecular formula is C12H16F2N2O3. The number of hydrogen-bond donors (Lipinski definition) is 1. The second-order valence-electron chi connectivity index (χ2n) is 3.67. The first-order chi connectivity index (χ1) is 9.03. The molecule has 0 saturated carbocycles.